The second-order valence-electron chi connectivity index (χ2n) is 5.10. The second kappa shape index (κ2) is 5.37. The summed E-state index contributed by atoms with van der Waals surface area (Å²) in [4.78, 5) is 33.0. The number of hydrogen-bond acceptors (Lipinski definition) is 3. The van der Waals surface area contributed by atoms with E-state index in [2.05, 4.69) is 0 Å². The topological polar surface area (TPSA) is 112 Å². The molecule has 0 aromatic carbocycles. The van der Waals surface area contributed by atoms with Gasteiger partial charge in [-0.15, -0.1) is 0 Å². The summed E-state index contributed by atoms with van der Waals surface area (Å²) in [7, 11) is 0. The molecule has 0 aliphatic heterocycles. The molecule has 1 fully saturated rings. The first-order valence-electron chi connectivity index (χ1n) is 5.97. The first kappa shape index (κ1) is 14.5. The largest absolute Gasteiger partial charge is 0.481 e. The molecule has 6 heteroatoms. The summed E-state index contributed by atoms with van der Waals surface area (Å²) in [6.45, 7) is 1.56. The number of hydrogen-bond donors (Lipinski definition) is 3. The molecule has 0 bridgehead atoms. The van der Waals surface area contributed by atoms with Gasteiger partial charge in [-0.05, 0) is 32.1 Å². The van der Waals surface area contributed by atoms with E-state index in [0.29, 0.717) is 19.3 Å². The molecule has 0 aromatic rings. The molecule has 1 saturated carbocycles. The number of carbonyl (C=O) groups is 3. The van der Waals surface area contributed by atoms with Gasteiger partial charge in [0.2, 0.25) is 0 Å². The summed E-state index contributed by atoms with van der Waals surface area (Å²) in [6.07, 6.45) is 1.38. The lowest BCUT2D eigenvalue weighted by atomic mass is 9.71. The molecule has 1 rings (SSSR count). The van der Waals surface area contributed by atoms with E-state index in [1.807, 2.05) is 0 Å². The van der Waals surface area contributed by atoms with Crippen LogP contribution in [0.1, 0.15) is 39.0 Å². The predicted molar refractivity (Wildman–Crippen MR) is 61.1 cm³/mol. The van der Waals surface area contributed by atoms with Gasteiger partial charge in [0, 0.05) is 6.42 Å². The number of carboxylic acid groups (broad SMARTS) is 3. The predicted octanol–water partition coefficient (Wildman–Crippen LogP) is 1.44. The van der Waals surface area contributed by atoms with Gasteiger partial charge in [-0.2, -0.15) is 0 Å². The van der Waals surface area contributed by atoms with E-state index >= 15 is 0 Å². The van der Waals surface area contributed by atoms with Gasteiger partial charge in [0.25, 0.3) is 0 Å². The van der Waals surface area contributed by atoms with Crippen molar-refractivity contribution in [2.24, 2.45) is 17.3 Å². The quantitative estimate of drug-likeness (QED) is 0.664. The average Bonchev–Trinajstić information content (AvgIpc) is 2.62. The van der Waals surface area contributed by atoms with Gasteiger partial charge in [0.05, 0.1) is 11.3 Å². The fourth-order valence-corrected chi connectivity index (χ4v) is 2.88. The molecule has 18 heavy (non-hydrogen) atoms. The normalized spacial score (nSPS) is 28.8. The number of rotatable bonds is 6. The first-order valence-corrected chi connectivity index (χ1v) is 5.97. The molecule has 0 aromatic heterocycles. The molecule has 3 atom stereocenters. The Morgan fingerprint density at radius 1 is 1.28 bits per heavy atom. The van der Waals surface area contributed by atoms with E-state index in [1.165, 1.54) is 0 Å². The van der Waals surface area contributed by atoms with E-state index in [-0.39, 0.29) is 12.8 Å². The monoisotopic (exact) mass is 258 g/mol. The maximum absolute atomic E-state index is 11.3. The molecular weight excluding hydrogens is 240 g/mol. The van der Waals surface area contributed by atoms with Crippen LogP contribution in [0.2, 0.25) is 0 Å². The zero-order chi connectivity index (χ0) is 13.9. The smallest absolute Gasteiger partial charge is 0.309 e. The van der Waals surface area contributed by atoms with Crippen molar-refractivity contribution in [3.8, 4) is 0 Å². The van der Waals surface area contributed by atoms with Gasteiger partial charge in [0.1, 0.15) is 0 Å². The minimum Gasteiger partial charge on any atom is -0.481 e. The van der Waals surface area contributed by atoms with Gasteiger partial charge in [-0.1, -0.05) is 6.42 Å². The summed E-state index contributed by atoms with van der Waals surface area (Å²) in [5.74, 6) is -4.55. The third kappa shape index (κ3) is 2.80. The Morgan fingerprint density at radius 2 is 1.89 bits per heavy atom. The molecule has 0 spiro atoms. The maximum Gasteiger partial charge on any atom is 0.309 e. The van der Waals surface area contributed by atoms with Crippen LogP contribution in [-0.4, -0.2) is 33.2 Å². The number of aliphatic carboxylic acids is 3. The van der Waals surface area contributed by atoms with E-state index < -0.39 is 35.2 Å². The van der Waals surface area contributed by atoms with Crippen molar-refractivity contribution >= 4 is 17.9 Å². The Morgan fingerprint density at radius 3 is 2.33 bits per heavy atom. The van der Waals surface area contributed by atoms with Crippen LogP contribution < -0.4 is 0 Å². The highest BCUT2D eigenvalue weighted by Gasteiger charge is 2.50. The van der Waals surface area contributed by atoms with E-state index in [0.717, 1.165) is 0 Å². The summed E-state index contributed by atoms with van der Waals surface area (Å²) in [6, 6.07) is 0. The molecule has 0 unspecified atom stereocenters. The van der Waals surface area contributed by atoms with Crippen molar-refractivity contribution in [2.45, 2.75) is 39.0 Å². The molecular formula is C12H18O6. The van der Waals surface area contributed by atoms with Gasteiger partial charge in [-0.3, -0.25) is 14.4 Å². The van der Waals surface area contributed by atoms with Crippen LogP contribution in [0, 0.1) is 17.3 Å². The van der Waals surface area contributed by atoms with Crippen LogP contribution >= 0.6 is 0 Å². The van der Waals surface area contributed by atoms with Gasteiger partial charge < -0.3 is 15.3 Å². The van der Waals surface area contributed by atoms with Crippen LogP contribution in [-0.2, 0) is 14.4 Å². The summed E-state index contributed by atoms with van der Waals surface area (Å²) < 4.78 is 0. The Balaban J connectivity index is 2.88. The van der Waals surface area contributed by atoms with E-state index in [9.17, 15) is 24.6 Å². The van der Waals surface area contributed by atoms with Crippen molar-refractivity contribution in [1.29, 1.82) is 0 Å². The van der Waals surface area contributed by atoms with Crippen LogP contribution in [0.15, 0.2) is 0 Å². The minimum absolute atomic E-state index is 0.0157. The molecule has 1 aliphatic carbocycles. The molecule has 102 valence electrons. The standard InChI is InChI=1S/C12H18O6/c1-12(11(17)18)6-2-3-8(12)7(10(15)16)4-5-9(13)14/h7-8H,2-6H2,1H3,(H,13,14)(H,15,16)(H,17,18)/t7-,8+,12-/m1/s1. The van der Waals surface area contributed by atoms with Crippen molar-refractivity contribution < 1.29 is 29.7 Å². The van der Waals surface area contributed by atoms with Crippen molar-refractivity contribution in [2.75, 3.05) is 0 Å². The lowest BCUT2D eigenvalue weighted by molar-refractivity contribution is -0.155. The molecule has 1 aliphatic rings. The zero-order valence-corrected chi connectivity index (χ0v) is 10.3. The second-order valence-corrected chi connectivity index (χ2v) is 5.10. The highest BCUT2D eigenvalue weighted by molar-refractivity contribution is 5.78. The van der Waals surface area contributed by atoms with Gasteiger partial charge >= 0.3 is 17.9 Å². The summed E-state index contributed by atoms with van der Waals surface area (Å²) in [5, 5.41) is 27.0. The lowest BCUT2D eigenvalue weighted by Gasteiger charge is -2.31. The fraction of sp³-hybridized carbons (Fsp3) is 0.750. The van der Waals surface area contributed by atoms with Crippen LogP contribution in [0.25, 0.3) is 0 Å². The Hall–Kier alpha value is -1.59. The minimum atomic E-state index is -1.10. The van der Waals surface area contributed by atoms with Crippen LogP contribution in [0.3, 0.4) is 0 Å². The first-order chi connectivity index (χ1) is 8.29. The van der Waals surface area contributed by atoms with E-state index in [4.69, 9.17) is 5.11 Å². The van der Waals surface area contributed by atoms with Gasteiger partial charge in [0.15, 0.2) is 0 Å². The zero-order valence-electron chi connectivity index (χ0n) is 10.3. The van der Waals surface area contributed by atoms with Crippen LogP contribution in [0.4, 0.5) is 0 Å². The number of carboxylic acids is 3. The van der Waals surface area contributed by atoms with Crippen molar-refractivity contribution in [1.82, 2.24) is 0 Å². The molecule has 0 radical (unpaired) electrons. The Bertz CT molecular complexity index is 364. The Labute approximate surface area is 105 Å². The molecule has 0 heterocycles. The third-order valence-electron chi connectivity index (χ3n) is 3.99. The van der Waals surface area contributed by atoms with E-state index in [1.54, 1.807) is 6.92 Å². The third-order valence-corrected chi connectivity index (χ3v) is 3.99. The highest BCUT2D eigenvalue weighted by Crippen LogP contribution is 2.48. The van der Waals surface area contributed by atoms with Gasteiger partial charge in [-0.25, -0.2) is 0 Å². The average molecular weight is 258 g/mol. The maximum atomic E-state index is 11.3. The summed E-state index contributed by atoms with van der Waals surface area (Å²) in [5.41, 5.74) is -1.05. The Kier molecular flexibility index (Phi) is 4.32. The molecule has 0 amide bonds. The molecule has 0 saturated heterocycles. The fourth-order valence-electron chi connectivity index (χ4n) is 2.88. The van der Waals surface area contributed by atoms with Crippen molar-refractivity contribution in [3.05, 3.63) is 0 Å². The molecule has 3 N–H and O–H groups in total. The lowest BCUT2D eigenvalue weighted by Crippen LogP contribution is -2.38. The highest BCUT2D eigenvalue weighted by atomic mass is 16.4. The molecule has 6 nitrogen and oxygen atoms in total. The van der Waals surface area contributed by atoms with Crippen LogP contribution in [0.5, 0.6) is 0 Å². The SMILES string of the molecule is C[C@@]1(C(=O)O)CCC[C@H]1[C@@H](CCC(=O)O)C(=O)O. The van der Waals surface area contributed by atoms with Crippen molar-refractivity contribution in [3.63, 3.8) is 0 Å². The summed E-state index contributed by atoms with van der Waals surface area (Å²) >= 11 is 0.